The maximum atomic E-state index is 10.8. The van der Waals surface area contributed by atoms with E-state index in [9.17, 15) is 4.79 Å². The molecule has 0 fully saturated rings. The van der Waals surface area contributed by atoms with Crippen molar-refractivity contribution in [1.29, 1.82) is 0 Å². The Bertz CT molecular complexity index is 620. The molecule has 0 aliphatic rings. The molecule has 6 heteroatoms. The molecule has 2 aromatic heterocycles. The number of aromatic nitrogens is 3. The predicted octanol–water partition coefficient (Wildman–Crippen LogP) is 2.48. The summed E-state index contributed by atoms with van der Waals surface area (Å²) in [5.41, 5.74) is 1.25. The van der Waals surface area contributed by atoms with E-state index < -0.39 is 11.4 Å². The Kier molecular flexibility index (Phi) is 3.83. The third-order valence-corrected chi connectivity index (χ3v) is 2.87. The van der Waals surface area contributed by atoms with E-state index in [2.05, 4.69) is 15.2 Å². The van der Waals surface area contributed by atoms with Gasteiger partial charge >= 0.3 is 5.97 Å². The number of carboxylic acid groups (broad SMARTS) is 1. The number of hydrogen-bond acceptors (Lipinski definition) is 5. The molecule has 0 atom stereocenters. The normalized spacial score (nSPS) is 11.6. The SMILES string of the molecule is Cc1cc(-c2nnc(CC(C)(C)CC(=O)O)o2)ccn1. The number of hydrogen-bond donors (Lipinski definition) is 1. The zero-order valence-corrected chi connectivity index (χ0v) is 11.8. The lowest BCUT2D eigenvalue weighted by Crippen LogP contribution is -2.19. The topological polar surface area (TPSA) is 89.1 Å². The zero-order valence-electron chi connectivity index (χ0n) is 11.8. The van der Waals surface area contributed by atoms with Crippen LogP contribution in [0.4, 0.5) is 0 Å². The maximum absolute atomic E-state index is 10.8. The second-order valence-corrected chi connectivity index (χ2v) is 5.60. The van der Waals surface area contributed by atoms with Crippen LogP contribution in [0.2, 0.25) is 0 Å². The molecule has 20 heavy (non-hydrogen) atoms. The molecule has 6 nitrogen and oxygen atoms in total. The average molecular weight is 275 g/mol. The van der Waals surface area contributed by atoms with E-state index in [1.807, 2.05) is 26.8 Å². The standard InChI is InChI=1S/C14H17N3O3/c1-9-6-10(4-5-15-9)13-17-16-11(20-13)7-14(2,3)8-12(18)19/h4-6H,7-8H2,1-3H3,(H,18,19). The molecule has 0 unspecified atom stereocenters. The number of rotatable bonds is 5. The molecule has 106 valence electrons. The van der Waals surface area contributed by atoms with Crippen LogP contribution in [-0.4, -0.2) is 26.3 Å². The summed E-state index contributed by atoms with van der Waals surface area (Å²) in [5.74, 6) is 0.0387. The number of pyridine rings is 1. The smallest absolute Gasteiger partial charge is 0.303 e. The van der Waals surface area contributed by atoms with Crippen LogP contribution < -0.4 is 0 Å². The van der Waals surface area contributed by atoms with Gasteiger partial charge in [0.25, 0.3) is 0 Å². The van der Waals surface area contributed by atoms with Gasteiger partial charge in [-0.05, 0) is 24.5 Å². The van der Waals surface area contributed by atoms with Crippen LogP contribution in [0.1, 0.15) is 31.9 Å². The molecular formula is C14H17N3O3. The highest BCUT2D eigenvalue weighted by Gasteiger charge is 2.25. The van der Waals surface area contributed by atoms with Gasteiger partial charge in [0, 0.05) is 23.9 Å². The van der Waals surface area contributed by atoms with E-state index in [-0.39, 0.29) is 6.42 Å². The first-order chi connectivity index (χ1) is 9.35. The molecule has 2 aromatic rings. The Balaban J connectivity index is 2.15. The van der Waals surface area contributed by atoms with Crippen LogP contribution in [0.15, 0.2) is 22.7 Å². The average Bonchev–Trinajstić information content (AvgIpc) is 2.74. The van der Waals surface area contributed by atoms with E-state index in [0.29, 0.717) is 18.2 Å². The molecule has 0 saturated carbocycles. The van der Waals surface area contributed by atoms with Crippen molar-refractivity contribution < 1.29 is 14.3 Å². The minimum atomic E-state index is -0.834. The lowest BCUT2D eigenvalue weighted by Gasteiger charge is -2.19. The van der Waals surface area contributed by atoms with Crippen molar-refractivity contribution in [3.63, 3.8) is 0 Å². The summed E-state index contributed by atoms with van der Waals surface area (Å²) in [6, 6.07) is 3.66. The van der Waals surface area contributed by atoms with E-state index >= 15 is 0 Å². The lowest BCUT2D eigenvalue weighted by atomic mass is 9.86. The molecule has 0 spiro atoms. The van der Waals surface area contributed by atoms with Crippen molar-refractivity contribution in [2.75, 3.05) is 0 Å². The first kappa shape index (κ1) is 14.2. The molecule has 1 N–H and O–H groups in total. The molecule has 0 radical (unpaired) electrons. The second-order valence-electron chi connectivity index (χ2n) is 5.60. The number of nitrogens with zero attached hydrogens (tertiary/aromatic N) is 3. The Morgan fingerprint density at radius 3 is 2.80 bits per heavy atom. The fourth-order valence-electron chi connectivity index (χ4n) is 2.00. The number of carboxylic acids is 1. The lowest BCUT2D eigenvalue weighted by molar-refractivity contribution is -0.139. The first-order valence-electron chi connectivity index (χ1n) is 6.33. The van der Waals surface area contributed by atoms with Gasteiger partial charge in [-0.15, -0.1) is 10.2 Å². The van der Waals surface area contributed by atoms with Gasteiger partial charge < -0.3 is 9.52 Å². The van der Waals surface area contributed by atoms with Crippen LogP contribution in [-0.2, 0) is 11.2 Å². The minimum Gasteiger partial charge on any atom is -0.481 e. The number of carbonyl (C=O) groups is 1. The van der Waals surface area contributed by atoms with Crippen molar-refractivity contribution in [1.82, 2.24) is 15.2 Å². The Morgan fingerprint density at radius 1 is 1.40 bits per heavy atom. The third kappa shape index (κ3) is 3.63. The van der Waals surface area contributed by atoms with Crippen LogP contribution in [0.3, 0.4) is 0 Å². The first-order valence-corrected chi connectivity index (χ1v) is 6.33. The van der Waals surface area contributed by atoms with Gasteiger partial charge in [-0.25, -0.2) is 0 Å². The second kappa shape index (κ2) is 5.40. The van der Waals surface area contributed by atoms with Crippen molar-refractivity contribution in [3.05, 3.63) is 29.9 Å². The summed E-state index contributed by atoms with van der Waals surface area (Å²) in [6.07, 6.45) is 2.17. The zero-order chi connectivity index (χ0) is 14.8. The Hall–Kier alpha value is -2.24. The van der Waals surface area contributed by atoms with Crippen molar-refractivity contribution in [2.45, 2.75) is 33.6 Å². The van der Waals surface area contributed by atoms with E-state index in [4.69, 9.17) is 9.52 Å². The van der Waals surface area contributed by atoms with Gasteiger partial charge in [-0.1, -0.05) is 13.8 Å². The fourth-order valence-corrected chi connectivity index (χ4v) is 2.00. The van der Waals surface area contributed by atoms with Gasteiger partial charge in [0.1, 0.15) is 0 Å². The van der Waals surface area contributed by atoms with E-state index in [0.717, 1.165) is 11.3 Å². The molecule has 0 aliphatic carbocycles. The highest BCUT2D eigenvalue weighted by Crippen LogP contribution is 2.27. The number of aryl methyl sites for hydroxylation is 1. The Morgan fingerprint density at radius 2 is 2.15 bits per heavy atom. The summed E-state index contributed by atoms with van der Waals surface area (Å²) in [4.78, 5) is 14.9. The molecule has 2 heterocycles. The number of aliphatic carboxylic acids is 1. The van der Waals surface area contributed by atoms with Crippen LogP contribution in [0.5, 0.6) is 0 Å². The summed E-state index contributed by atoms with van der Waals surface area (Å²) in [7, 11) is 0. The van der Waals surface area contributed by atoms with Crippen molar-refractivity contribution in [2.24, 2.45) is 5.41 Å². The predicted molar refractivity (Wildman–Crippen MR) is 72.0 cm³/mol. The molecule has 0 saturated heterocycles. The molecule has 0 aliphatic heterocycles. The van der Waals surface area contributed by atoms with Gasteiger partial charge in [0.15, 0.2) is 0 Å². The monoisotopic (exact) mass is 275 g/mol. The largest absolute Gasteiger partial charge is 0.481 e. The molecule has 2 rings (SSSR count). The molecule has 0 bridgehead atoms. The van der Waals surface area contributed by atoms with Crippen LogP contribution in [0.25, 0.3) is 11.5 Å². The van der Waals surface area contributed by atoms with Gasteiger partial charge in [0.2, 0.25) is 11.8 Å². The quantitative estimate of drug-likeness (QED) is 0.901. The highest BCUT2D eigenvalue weighted by molar-refractivity contribution is 5.67. The van der Waals surface area contributed by atoms with Crippen LogP contribution in [0, 0.1) is 12.3 Å². The molecule has 0 aromatic carbocycles. The van der Waals surface area contributed by atoms with E-state index in [1.165, 1.54) is 0 Å². The summed E-state index contributed by atoms with van der Waals surface area (Å²) in [5, 5.41) is 16.9. The maximum Gasteiger partial charge on any atom is 0.303 e. The Labute approximate surface area is 116 Å². The summed E-state index contributed by atoms with van der Waals surface area (Å²) in [6.45, 7) is 5.61. The molecule has 0 amide bonds. The third-order valence-electron chi connectivity index (χ3n) is 2.87. The van der Waals surface area contributed by atoms with Gasteiger partial charge in [-0.2, -0.15) is 0 Å². The summed E-state index contributed by atoms with van der Waals surface area (Å²) >= 11 is 0. The molecular weight excluding hydrogens is 258 g/mol. The van der Waals surface area contributed by atoms with Gasteiger partial charge in [0.05, 0.1) is 6.42 Å². The fraction of sp³-hybridized carbons (Fsp3) is 0.429. The highest BCUT2D eigenvalue weighted by atomic mass is 16.4. The van der Waals surface area contributed by atoms with Crippen molar-refractivity contribution >= 4 is 5.97 Å². The minimum absolute atomic E-state index is 0.0546. The van der Waals surface area contributed by atoms with Crippen LogP contribution >= 0.6 is 0 Å². The van der Waals surface area contributed by atoms with Crippen molar-refractivity contribution in [3.8, 4) is 11.5 Å². The summed E-state index contributed by atoms with van der Waals surface area (Å²) < 4.78 is 5.60. The van der Waals surface area contributed by atoms with E-state index in [1.54, 1.807) is 12.3 Å². The van der Waals surface area contributed by atoms with Gasteiger partial charge in [-0.3, -0.25) is 9.78 Å².